The number of anilines is 1. The second kappa shape index (κ2) is 11.0. The van der Waals surface area contributed by atoms with Gasteiger partial charge in [0.15, 0.2) is 5.16 Å². The van der Waals surface area contributed by atoms with E-state index in [9.17, 15) is 9.59 Å². The van der Waals surface area contributed by atoms with E-state index in [2.05, 4.69) is 38.5 Å². The number of carbonyl (C=O) groups is 2. The SMILES string of the molecule is CCCCNC(=O)c1ccc(-n2ccnc2SCC(=O)Nc2cccc(Br)c2)cc1. The number of rotatable bonds is 9. The molecule has 156 valence electrons. The molecule has 2 amide bonds. The molecular weight excluding hydrogens is 464 g/mol. The first kappa shape index (κ1) is 22.1. The molecule has 6 nitrogen and oxygen atoms in total. The summed E-state index contributed by atoms with van der Waals surface area (Å²) in [4.78, 5) is 28.8. The van der Waals surface area contributed by atoms with Crippen LogP contribution in [-0.2, 0) is 4.79 Å². The van der Waals surface area contributed by atoms with Crippen LogP contribution in [0.3, 0.4) is 0 Å². The van der Waals surface area contributed by atoms with Crippen molar-refractivity contribution in [3.8, 4) is 5.69 Å². The minimum atomic E-state index is -0.105. The number of hydrogen-bond donors (Lipinski definition) is 2. The Bertz CT molecular complexity index is 1000. The summed E-state index contributed by atoms with van der Waals surface area (Å²) >= 11 is 4.75. The normalized spacial score (nSPS) is 10.6. The lowest BCUT2D eigenvalue weighted by Crippen LogP contribution is -2.24. The Labute approximate surface area is 188 Å². The van der Waals surface area contributed by atoms with Crippen LogP contribution in [0.4, 0.5) is 5.69 Å². The quantitative estimate of drug-likeness (QED) is 0.333. The average Bonchev–Trinajstić information content (AvgIpc) is 3.21. The molecule has 0 saturated heterocycles. The number of nitrogens with zero attached hydrogens (tertiary/aromatic N) is 2. The summed E-state index contributed by atoms with van der Waals surface area (Å²) in [5.74, 6) is 0.0627. The monoisotopic (exact) mass is 486 g/mol. The van der Waals surface area contributed by atoms with Gasteiger partial charge in [0.1, 0.15) is 0 Å². The summed E-state index contributed by atoms with van der Waals surface area (Å²) in [7, 11) is 0. The van der Waals surface area contributed by atoms with Crippen LogP contribution in [0.15, 0.2) is 70.6 Å². The molecule has 2 aromatic carbocycles. The maximum atomic E-state index is 12.3. The number of amides is 2. The van der Waals surface area contributed by atoms with Gasteiger partial charge in [0.05, 0.1) is 5.75 Å². The van der Waals surface area contributed by atoms with Gasteiger partial charge >= 0.3 is 0 Å². The van der Waals surface area contributed by atoms with Gasteiger partial charge in [0.2, 0.25) is 5.91 Å². The van der Waals surface area contributed by atoms with Crippen LogP contribution in [0.2, 0.25) is 0 Å². The first-order valence-corrected chi connectivity index (χ1v) is 11.4. The highest BCUT2D eigenvalue weighted by Crippen LogP contribution is 2.22. The van der Waals surface area contributed by atoms with Gasteiger partial charge in [-0.3, -0.25) is 14.2 Å². The zero-order valence-electron chi connectivity index (χ0n) is 16.6. The minimum absolute atomic E-state index is 0.0700. The number of thioether (sulfide) groups is 1. The highest BCUT2D eigenvalue weighted by molar-refractivity contribution is 9.10. The number of hydrogen-bond acceptors (Lipinski definition) is 4. The molecule has 0 aliphatic carbocycles. The molecular formula is C22H23BrN4O2S. The summed E-state index contributed by atoms with van der Waals surface area (Å²) in [6.45, 7) is 2.77. The summed E-state index contributed by atoms with van der Waals surface area (Å²) < 4.78 is 2.81. The minimum Gasteiger partial charge on any atom is -0.352 e. The van der Waals surface area contributed by atoms with Crippen molar-refractivity contribution in [3.63, 3.8) is 0 Å². The lowest BCUT2D eigenvalue weighted by atomic mass is 10.2. The first-order chi connectivity index (χ1) is 14.6. The summed E-state index contributed by atoms with van der Waals surface area (Å²) in [6.07, 6.45) is 5.54. The van der Waals surface area contributed by atoms with Crippen LogP contribution in [0.25, 0.3) is 5.69 Å². The largest absolute Gasteiger partial charge is 0.352 e. The van der Waals surface area contributed by atoms with Crippen molar-refractivity contribution in [1.29, 1.82) is 0 Å². The van der Waals surface area contributed by atoms with E-state index >= 15 is 0 Å². The molecule has 0 unspecified atom stereocenters. The molecule has 0 bridgehead atoms. The fourth-order valence-corrected chi connectivity index (χ4v) is 3.91. The zero-order chi connectivity index (χ0) is 21.3. The smallest absolute Gasteiger partial charge is 0.251 e. The van der Waals surface area contributed by atoms with Crippen LogP contribution in [0, 0.1) is 0 Å². The molecule has 0 aliphatic heterocycles. The Morgan fingerprint density at radius 3 is 2.70 bits per heavy atom. The Kier molecular flexibility index (Phi) is 8.10. The van der Waals surface area contributed by atoms with Crippen LogP contribution in [0.5, 0.6) is 0 Å². The second-order valence-corrected chi connectivity index (χ2v) is 8.44. The average molecular weight is 487 g/mol. The van der Waals surface area contributed by atoms with Crippen LogP contribution < -0.4 is 10.6 Å². The lowest BCUT2D eigenvalue weighted by molar-refractivity contribution is -0.113. The molecule has 2 N–H and O–H groups in total. The number of nitrogens with one attached hydrogen (secondary N) is 2. The molecule has 0 radical (unpaired) electrons. The van der Waals surface area contributed by atoms with E-state index in [1.54, 1.807) is 18.3 Å². The van der Waals surface area contributed by atoms with Crippen molar-refractivity contribution in [2.75, 3.05) is 17.6 Å². The molecule has 3 aromatic rings. The van der Waals surface area contributed by atoms with Crippen LogP contribution in [-0.4, -0.2) is 33.7 Å². The van der Waals surface area contributed by atoms with Crippen molar-refractivity contribution in [3.05, 3.63) is 71.0 Å². The van der Waals surface area contributed by atoms with E-state index in [1.807, 2.05) is 47.2 Å². The second-order valence-electron chi connectivity index (χ2n) is 6.58. The van der Waals surface area contributed by atoms with Crippen LogP contribution in [0.1, 0.15) is 30.1 Å². The predicted octanol–water partition coefficient (Wildman–Crippen LogP) is 4.90. The van der Waals surface area contributed by atoms with Gasteiger partial charge in [-0.1, -0.05) is 47.1 Å². The molecule has 0 fully saturated rings. The third kappa shape index (κ3) is 6.21. The summed E-state index contributed by atoms with van der Waals surface area (Å²) in [6, 6.07) is 14.8. The van der Waals surface area contributed by atoms with E-state index in [4.69, 9.17) is 0 Å². The highest BCUT2D eigenvalue weighted by Gasteiger charge is 2.11. The van der Waals surface area contributed by atoms with Gasteiger partial charge in [-0.2, -0.15) is 0 Å². The zero-order valence-corrected chi connectivity index (χ0v) is 19.0. The molecule has 8 heteroatoms. The summed E-state index contributed by atoms with van der Waals surface area (Å²) in [5.41, 5.74) is 2.25. The third-order valence-corrected chi connectivity index (χ3v) is 5.73. The highest BCUT2D eigenvalue weighted by atomic mass is 79.9. The molecule has 0 atom stereocenters. The Morgan fingerprint density at radius 2 is 1.97 bits per heavy atom. The summed E-state index contributed by atoms with van der Waals surface area (Å²) in [5, 5.41) is 6.49. The molecule has 0 spiro atoms. The third-order valence-electron chi connectivity index (χ3n) is 4.27. The fraction of sp³-hybridized carbons (Fsp3) is 0.227. The van der Waals surface area contributed by atoms with Gasteiger partial charge in [-0.05, 0) is 48.9 Å². The number of halogens is 1. The first-order valence-electron chi connectivity index (χ1n) is 9.67. The molecule has 1 aromatic heterocycles. The maximum Gasteiger partial charge on any atom is 0.251 e. The molecule has 1 heterocycles. The van der Waals surface area contributed by atoms with Crippen molar-refractivity contribution >= 4 is 45.2 Å². The van der Waals surface area contributed by atoms with Crippen LogP contribution >= 0.6 is 27.7 Å². The van der Waals surface area contributed by atoms with Gasteiger partial charge < -0.3 is 10.6 Å². The van der Waals surface area contributed by atoms with Crippen molar-refractivity contribution in [1.82, 2.24) is 14.9 Å². The number of carbonyl (C=O) groups excluding carboxylic acids is 2. The van der Waals surface area contributed by atoms with Gasteiger partial charge in [0.25, 0.3) is 5.91 Å². The van der Waals surface area contributed by atoms with E-state index in [1.165, 1.54) is 11.8 Å². The fourth-order valence-electron chi connectivity index (χ4n) is 2.74. The van der Waals surface area contributed by atoms with Crippen molar-refractivity contribution in [2.45, 2.75) is 24.9 Å². The predicted molar refractivity (Wildman–Crippen MR) is 124 cm³/mol. The van der Waals surface area contributed by atoms with Gasteiger partial charge in [-0.15, -0.1) is 0 Å². The number of imidazole rings is 1. The van der Waals surface area contributed by atoms with E-state index in [-0.39, 0.29) is 17.6 Å². The van der Waals surface area contributed by atoms with Crippen molar-refractivity contribution < 1.29 is 9.59 Å². The standard InChI is InChI=1S/C22H23BrN4O2S/c1-2-3-11-24-21(29)16-7-9-19(10-8-16)27-13-12-25-22(27)30-15-20(28)26-18-6-4-5-17(23)14-18/h4-10,12-14H,2-3,11,15H2,1H3,(H,24,29)(H,26,28). The molecule has 0 aliphatic rings. The van der Waals surface area contributed by atoms with E-state index < -0.39 is 0 Å². The molecule has 0 saturated carbocycles. The Hall–Kier alpha value is -2.58. The van der Waals surface area contributed by atoms with Crippen molar-refractivity contribution in [2.24, 2.45) is 0 Å². The number of benzene rings is 2. The topological polar surface area (TPSA) is 76.0 Å². The van der Waals surface area contributed by atoms with E-state index in [0.29, 0.717) is 17.3 Å². The lowest BCUT2D eigenvalue weighted by Gasteiger charge is -2.09. The number of aromatic nitrogens is 2. The Balaban J connectivity index is 1.59. The maximum absolute atomic E-state index is 12.3. The van der Waals surface area contributed by atoms with Gasteiger partial charge in [0, 0.05) is 40.3 Å². The molecule has 3 rings (SSSR count). The molecule has 30 heavy (non-hydrogen) atoms. The number of unbranched alkanes of at least 4 members (excludes halogenated alkanes) is 1. The van der Waals surface area contributed by atoms with Gasteiger partial charge in [-0.25, -0.2) is 4.98 Å². The van der Waals surface area contributed by atoms with E-state index in [0.717, 1.165) is 28.7 Å². The Morgan fingerprint density at radius 1 is 1.17 bits per heavy atom.